The quantitative estimate of drug-likeness (QED) is 0.814. The molecule has 124 valence electrons. The molecular weight excluding hydrogens is 299 g/mol. The van der Waals surface area contributed by atoms with Gasteiger partial charge >= 0.3 is 0 Å². The minimum Gasteiger partial charge on any atom is -0.347 e. The van der Waals surface area contributed by atoms with Gasteiger partial charge in [-0.3, -0.25) is 14.4 Å². The molecule has 1 N–H and O–H groups in total. The number of piperidine rings is 1. The average Bonchev–Trinajstić information content (AvgIpc) is 2.58. The van der Waals surface area contributed by atoms with Crippen LogP contribution in [0.3, 0.4) is 0 Å². The van der Waals surface area contributed by atoms with Crippen molar-refractivity contribution in [2.45, 2.75) is 32.1 Å². The lowest BCUT2D eigenvalue weighted by molar-refractivity contribution is -0.133. The molecule has 1 aromatic rings. The Morgan fingerprint density at radius 1 is 1.04 bits per heavy atom. The number of carbonyl (C=O) groups excluding carboxylic acids is 3. The van der Waals surface area contributed by atoms with E-state index in [4.69, 9.17) is 0 Å². The highest BCUT2D eigenvalue weighted by molar-refractivity contribution is 5.98. The standard InChI is InChI=1S/C17H21FN2O3/c18-14-7-3-2-6-13(14)15(21)8-9-16(22)19-12-17(23)20-10-4-1-5-11-20/h2-3,6-7H,1,4-5,8-12H2,(H,19,22). The van der Waals surface area contributed by atoms with Crippen molar-refractivity contribution in [1.82, 2.24) is 10.2 Å². The number of halogens is 1. The number of likely N-dealkylation sites (tertiary alicyclic amines) is 1. The van der Waals surface area contributed by atoms with E-state index in [0.717, 1.165) is 32.4 Å². The first-order valence-electron chi connectivity index (χ1n) is 7.90. The van der Waals surface area contributed by atoms with Crippen molar-refractivity contribution in [2.24, 2.45) is 0 Å². The smallest absolute Gasteiger partial charge is 0.241 e. The van der Waals surface area contributed by atoms with Gasteiger partial charge in [-0.15, -0.1) is 0 Å². The van der Waals surface area contributed by atoms with E-state index in [2.05, 4.69) is 5.32 Å². The number of nitrogens with zero attached hydrogens (tertiary/aromatic N) is 1. The number of hydrogen-bond donors (Lipinski definition) is 1. The first-order valence-corrected chi connectivity index (χ1v) is 7.90. The third kappa shape index (κ3) is 5.16. The van der Waals surface area contributed by atoms with Gasteiger partial charge in [0.2, 0.25) is 11.8 Å². The second-order valence-corrected chi connectivity index (χ2v) is 5.62. The van der Waals surface area contributed by atoms with Gasteiger partial charge in [-0.05, 0) is 31.4 Å². The molecule has 1 fully saturated rings. The summed E-state index contributed by atoms with van der Waals surface area (Å²) in [7, 11) is 0. The summed E-state index contributed by atoms with van der Waals surface area (Å²) in [5.74, 6) is -1.47. The van der Waals surface area contributed by atoms with Crippen LogP contribution in [0.25, 0.3) is 0 Å². The third-order valence-electron chi connectivity index (χ3n) is 3.90. The molecule has 5 nitrogen and oxygen atoms in total. The Bertz CT molecular complexity index is 583. The Kier molecular flexibility index (Phi) is 6.26. The van der Waals surface area contributed by atoms with Gasteiger partial charge in [-0.1, -0.05) is 12.1 Å². The Hall–Kier alpha value is -2.24. The fourth-order valence-corrected chi connectivity index (χ4v) is 2.57. The summed E-state index contributed by atoms with van der Waals surface area (Å²) in [6, 6.07) is 5.69. The monoisotopic (exact) mass is 320 g/mol. The van der Waals surface area contributed by atoms with Crippen LogP contribution in [0, 0.1) is 5.82 Å². The van der Waals surface area contributed by atoms with E-state index < -0.39 is 11.6 Å². The van der Waals surface area contributed by atoms with E-state index in [1.54, 1.807) is 11.0 Å². The normalized spacial score (nSPS) is 14.4. The van der Waals surface area contributed by atoms with Crippen molar-refractivity contribution in [2.75, 3.05) is 19.6 Å². The van der Waals surface area contributed by atoms with E-state index in [0.29, 0.717) is 0 Å². The van der Waals surface area contributed by atoms with E-state index in [1.165, 1.54) is 18.2 Å². The second-order valence-electron chi connectivity index (χ2n) is 5.62. The van der Waals surface area contributed by atoms with Crippen LogP contribution in [0.5, 0.6) is 0 Å². The fraction of sp³-hybridized carbons (Fsp3) is 0.471. The zero-order chi connectivity index (χ0) is 16.7. The molecule has 0 radical (unpaired) electrons. The fourth-order valence-electron chi connectivity index (χ4n) is 2.57. The lowest BCUT2D eigenvalue weighted by atomic mass is 10.1. The summed E-state index contributed by atoms with van der Waals surface area (Å²) in [5, 5.41) is 2.53. The molecule has 23 heavy (non-hydrogen) atoms. The van der Waals surface area contributed by atoms with Crippen molar-refractivity contribution in [3.05, 3.63) is 35.6 Å². The van der Waals surface area contributed by atoms with E-state index in [-0.39, 0.29) is 36.8 Å². The van der Waals surface area contributed by atoms with Crippen LogP contribution in [0.1, 0.15) is 42.5 Å². The van der Waals surface area contributed by atoms with Crippen molar-refractivity contribution in [3.63, 3.8) is 0 Å². The highest BCUT2D eigenvalue weighted by Crippen LogP contribution is 2.10. The molecule has 0 spiro atoms. The van der Waals surface area contributed by atoms with Gasteiger partial charge in [-0.2, -0.15) is 0 Å². The Morgan fingerprint density at radius 2 is 1.74 bits per heavy atom. The highest BCUT2D eigenvalue weighted by Gasteiger charge is 2.17. The molecule has 1 heterocycles. The van der Waals surface area contributed by atoms with E-state index in [9.17, 15) is 18.8 Å². The Labute approximate surface area is 134 Å². The lowest BCUT2D eigenvalue weighted by Crippen LogP contribution is -2.42. The van der Waals surface area contributed by atoms with E-state index >= 15 is 0 Å². The first-order chi connectivity index (χ1) is 11.1. The molecule has 0 saturated carbocycles. The molecule has 0 atom stereocenters. The van der Waals surface area contributed by atoms with Gasteiger partial charge in [0, 0.05) is 25.9 Å². The largest absolute Gasteiger partial charge is 0.347 e. The van der Waals surface area contributed by atoms with Gasteiger partial charge in [-0.25, -0.2) is 4.39 Å². The van der Waals surface area contributed by atoms with Crippen LogP contribution in [0.15, 0.2) is 24.3 Å². The molecular formula is C17H21FN2O3. The number of amides is 2. The molecule has 1 saturated heterocycles. The summed E-state index contributed by atoms with van der Waals surface area (Å²) in [6.07, 6.45) is 2.99. The predicted octanol–water partition coefficient (Wildman–Crippen LogP) is 1.92. The van der Waals surface area contributed by atoms with Crippen LogP contribution < -0.4 is 5.32 Å². The molecule has 0 bridgehead atoms. The maximum absolute atomic E-state index is 13.5. The maximum Gasteiger partial charge on any atom is 0.241 e. The number of carbonyl (C=O) groups is 3. The van der Waals surface area contributed by atoms with Gasteiger partial charge in [0.05, 0.1) is 12.1 Å². The molecule has 2 rings (SSSR count). The van der Waals surface area contributed by atoms with Crippen LogP contribution in [0.2, 0.25) is 0 Å². The van der Waals surface area contributed by atoms with E-state index in [1.807, 2.05) is 0 Å². The van der Waals surface area contributed by atoms with Crippen LogP contribution in [-0.2, 0) is 9.59 Å². The zero-order valence-electron chi connectivity index (χ0n) is 13.0. The summed E-state index contributed by atoms with van der Waals surface area (Å²) >= 11 is 0. The number of nitrogens with one attached hydrogen (secondary N) is 1. The van der Waals surface area contributed by atoms with Gasteiger partial charge < -0.3 is 10.2 Å². The highest BCUT2D eigenvalue weighted by atomic mass is 19.1. The minimum absolute atomic E-state index is 0.00954. The summed E-state index contributed by atoms with van der Waals surface area (Å²) in [4.78, 5) is 37.2. The van der Waals surface area contributed by atoms with Crippen LogP contribution in [0.4, 0.5) is 4.39 Å². The van der Waals surface area contributed by atoms with Crippen molar-refractivity contribution in [1.29, 1.82) is 0 Å². The predicted molar refractivity (Wildman–Crippen MR) is 83.4 cm³/mol. The van der Waals surface area contributed by atoms with Crippen molar-refractivity contribution < 1.29 is 18.8 Å². The first kappa shape index (κ1) is 17.1. The summed E-state index contributed by atoms with van der Waals surface area (Å²) in [5.41, 5.74) is -0.00954. The zero-order valence-corrected chi connectivity index (χ0v) is 13.0. The topological polar surface area (TPSA) is 66.5 Å². The lowest BCUT2D eigenvalue weighted by Gasteiger charge is -2.26. The minimum atomic E-state index is -0.585. The molecule has 1 aromatic carbocycles. The number of hydrogen-bond acceptors (Lipinski definition) is 3. The molecule has 6 heteroatoms. The third-order valence-corrected chi connectivity index (χ3v) is 3.90. The van der Waals surface area contributed by atoms with Crippen molar-refractivity contribution in [3.8, 4) is 0 Å². The number of rotatable bonds is 6. The van der Waals surface area contributed by atoms with Crippen LogP contribution >= 0.6 is 0 Å². The maximum atomic E-state index is 13.5. The SMILES string of the molecule is O=C(CCC(=O)c1ccccc1F)NCC(=O)N1CCCCC1. The Balaban J connectivity index is 1.71. The Morgan fingerprint density at radius 3 is 2.43 bits per heavy atom. The number of ketones is 1. The molecule has 2 amide bonds. The molecule has 1 aliphatic heterocycles. The molecule has 0 aromatic heterocycles. The molecule has 0 aliphatic carbocycles. The van der Waals surface area contributed by atoms with Gasteiger partial charge in [0.15, 0.2) is 5.78 Å². The number of benzene rings is 1. The average molecular weight is 320 g/mol. The van der Waals surface area contributed by atoms with Crippen molar-refractivity contribution >= 4 is 17.6 Å². The van der Waals surface area contributed by atoms with Crippen LogP contribution in [-0.4, -0.2) is 42.1 Å². The number of Topliss-reactive ketones (excluding diaryl/α,β-unsaturated/α-hetero) is 1. The van der Waals surface area contributed by atoms with Gasteiger partial charge in [0.25, 0.3) is 0 Å². The summed E-state index contributed by atoms with van der Waals surface area (Å²) in [6.45, 7) is 1.42. The second kappa shape index (κ2) is 8.41. The molecule has 0 unspecified atom stereocenters. The van der Waals surface area contributed by atoms with Gasteiger partial charge in [0.1, 0.15) is 5.82 Å². The summed E-state index contributed by atoms with van der Waals surface area (Å²) < 4.78 is 13.5. The molecule has 1 aliphatic rings.